The van der Waals surface area contributed by atoms with Crippen LogP contribution >= 0.6 is 0 Å². The number of piperidine rings is 1. The third kappa shape index (κ3) is 2.95. The van der Waals surface area contributed by atoms with Crippen molar-refractivity contribution in [1.29, 1.82) is 0 Å². The van der Waals surface area contributed by atoms with E-state index in [4.69, 9.17) is 4.74 Å². The van der Waals surface area contributed by atoms with Crippen molar-refractivity contribution in [3.63, 3.8) is 0 Å². The molecule has 0 aromatic carbocycles. The van der Waals surface area contributed by atoms with Gasteiger partial charge in [0.05, 0.1) is 5.54 Å². The van der Waals surface area contributed by atoms with Gasteiger partial charge in [0, 0.05) is 25.7 Å². The number of ether oxygens (including phenoxy) is 1. The molecule has 3 fully saturated rings. The van der Waals surface area contributed by atoms with Gasteiger partial charge in [0.15, 0.2) is 0 Å². The molecule has 1 unspecified atom stereocenters. The van der Waals surface area contributed by atoms with Crippen LogP contribution in [0.1, 0.15) is 51.4 Å². The number of hydrogen-bond donors (Lipinski definition) is 2. The largest absolute Gasteiger partial charge is 0.381 e. The fourth-order valence-electron chi connectivity index (χ4n) is 3.80. The molecule has 2 saturated heterocycles. The summed E-state index contributed by atoms with van der Waals surface area (Å²) in [6, 6.07) is 0.499. The van der Waals surface area contributed by atoms with Crippen LogP contribution in [0.2, 0.25) is 0 Å². The first-order chi connectivity index (χ1) is 9.28. The van der Waals surface area contributed by atoms with Gasteiger partial charge >= 0.3 is 0 Å². The van der Waals surface area contributed by atoms with Gasteiger partial charge in [0.25, 0.3) is 0 Å². The maximum atomic E-state index is 11.6. The molecule has 19 heavy (non-hydrogen) atoms. The van der Waals surface area contributed by atoms with Crippen molar-refractivity contribution in [2.45, 2.75) is 62.9 Å². The fourth-order valence-corrected chi connectivity index (χ4v) is 3.80. The molecule has 4 nitrogen and oxygen atoms in total. The first-order valence-electron chi connectivity index (χ1n) is 7.91. The highest BCUT2D eigenvalue weighted by molar-refractivity contribution is 5.78. The zero-order chi connectivity index (χ0) is 13.1. The van der Waals surface area contributed by atoms with Crippen molar-refractivity contribution in [2.24, 2.45) is 5.92 Å². The van der Waals surface area contributed by atoms with E-state index in [2.05, 4.69) is 10.6 Å². The summed E-state index contributed by atoms with van der Waals surface area (Å²) < 4.78 is 5.40. The highest BCUT2D eigenvalue weighted by Crippen LogP contribution is 2.38. The summed E-state index contributed by atoms with van der Waals surface area (Å²) in [4.78, 5) is 11.6. The van der Waals surface area contributed by atoms with Crippen LogP contribution in [0.25, 0.3) is 0 Å². The smallest absolute Gasteiger partial charge is 0.220 e. The molecule has 4 heteroatoms. The number of carbonyl (C=O) groups excluding carboxylic acids is 1. The second-order valence-electron chi connectivity index (χ2n) is 6.45. The normalized spacial score (nSPS) is 30.9. The van der Waals surface area contributed by atoms with E-state index in [0.29, 0.717) is 12.5 Å². The second kappa shape index (κ2) is 5.80. The maximum absolute atomic E-state index is 11.6. The third-order valence-corrected chi connectivity index (χ3v) is 5.25. The Morgan fingerprint density at radius 3 is 2.74 bits per heavy atom. The standard InChI is InChI=1S/C15H26N2O2/c18-14-3-2-13(15(17-14)7-1-8-15)16-9-4-12-5-10-19-11-6-12/h12-13,16H,1-11H2,(H,17,18). The first kappa shape index (κ1) is 13.4. The molecule has 1 atom stereocenters. The van der Waals surface area contributed by atoms with Crippen molar-refractivity contribution in [1.82, 2.24) is 10.6 Å². The van der Waals surface area contributed by atoms with Gasteiger partial charge in [0.2, 0.25) is 5.91 Å². The Morgan fingerprint density at radius 1 is 1.26 bits per heavy atom. The summed E-state index contributed by atoms with van der Waals surface area (Å²) in [5, 5.41) is 6.97. The maximum Gasteiger partial charge on any atom is 0.220 e. The van der Waals surface area contributed by atoms with Gasteiger partial charge < -0.3 is 15.4 Å². The van der Waals surface area contributed by atoms with Crippen molar-refractivity contribution in [3.8, 4) is 0 Å². The number of rotatable bonds is 4. The van der Waals surface area contributed by atoms with E-state index in [0.717, 1.165) is 44.9 Å². The topological polar surface area (TPSA) is 50.4 Å². The summed E-state index contributed by atoms with van der Waals surface area (Å²) in [6.07, 6.45) is 8.97. The van der Waals surface area contributed by atoms with Crippen LogP contribution in [0.15, 0.2) is 0 Å². The first-order valence-corrected chi connectivity index (χ1v) is 7.91. The Bertz CT molecular complexity index is 322. The lowest BCUT2D eigenvalue weighted by Gasteiger charge is -2.51. The van der Waals surface area contributed by atoms with E-state index in [-0.39, 0.29) is 11.4 Å². The van der Waals surface area contributed by atoms with Gasteiger partial charge in [-0.3, -0.25) is 4.79 Å². The van der Waals surface area contributed by atoms with Crippen LogP contribution in [0.5, 0.6) is 0 Å². The number of amides is 1. The lowest BCUT2D eigenvalue weighted by atomic mass is 9.68. The van der Waals surface area contributed by atoms with Crippen LogP contribution in [-0.4, -0.2) is 37.2 Å². The molecular formula is C15H26N2O2. The van der Waals surface area contributed by atoms with E-state index in [1.807, 2.05) is 0 Å². The molecule has 0 aromatic rings. The monoisotopic (exact) mass is 266 g/mol. The number of carbonyl (C=O) groups is 1. The molecular weight excluding hydrogens is 240 g/mol. The Hall–Kier alpha value is -0.610. The van der Waals surface area contributed by atoms with Crippen LogP contribution in [0.3, 0.4) is 0 Å². The summed E-state index contributed by atoms with van der Waals surface area (Å²) in [7, 11) is 0. The van der Waals surface area contributed by atoms with E-state index >= 15 is 0 Å². The molecule has 3 rings (SSSR count). The summed E-state index contributed by atoms with van der Waals surface area (Å²) in [6.45, 7) is 2.97. The minimum atomic E-state index is 0.102. The van der Waals surface area contributed by atoms with E-state index in [9.17, 15) is 4.79 Å². The van der Waals surface area contributed by atoms with Crippen molar-refractivity contribution in [3.05, 3.63) is 0 Å². The van der Waals surface area contributed by atoms with Crippen LogP contribution in [0, 0.1) is 5.92 Å². The van der Waals surface area contributed by atoms with Gasteiger partial charge in [-0.2, -0.15) is 0 Å². The molecule has 0 bridgehead atoms. The van der Waals surface area contributed by atoms with Gasteiger partial charge in [-0.1, -0.05) is 0 Å². The predicted octanol–water partition coefficient (Wildman–Crippen LogP) is 1.59. The lowest BCUT2D eigenvalue weighted by Crippen LogP contribution is -2.67. The summed E-state index contributed by atoms with van der Waals surface area (Å²) >= 11 is 0. The van der Waals surface area contributed by atoms with Gasteiger partial charge in [-0.05, 0) is 57.4 Å². The molecule has 0 radical (unpaired) electrons. The zero-order valence-corrected chi connectivity index (χ0v) is 11.7. The Balaban J connectivity index is 1.44. The Kier molecular flexibility index (Phi) is 4.08. The number of nitrogens with one attached hydrogen (secondary N) is 2. The summed E-state index contributed by atoms with van der Waals surface area (Å²) in [5.41, 5.74) is 0.102. The number of hydrogen-bond acceptors (Lipinski definition) is 3. The molecule has 1 aliphatic carbocycles. The summed E-state index contributed by atoms with van der Waals surface area (Å²) in [5.74, 6) is 1.08. The van der Waals surface area contributed by atoms with Crippen LogP contribution < -0.4 is 10.6 Å². The van der Waals surface area contributed by atoms with Crippen molar-refractivity contribution >= 4 is 5.91 Å². The van der Waals surface area contributed by atoms with Crippen LogP contribution in [-0.2, 0) is 9.53 Å². The molecule has 3 aliphatic rings. The Morgan fingerprint density at radius 2 is 2.05 bits per heavy atom. The van der Waals surface area contributed by atoms with Crippen LogP contribution in [0.4, 0.5) is 0 Å². The Labute approximate surface area is 115 Å². The van der Waals surface area contributed by atoms with E-state index < -0.39 is 0 Å². The molecule has 2 heterocycles. The minimum Gasteiger partial charge on any atom is -0.381 e. The SMILES string of the molecule is O=C1CCC(NCCC2CCOCC2)C2(CCC2)N1. The molecule has 2 aliphatic heterocycles. The highest BCUT2D eigenvalue weighted by atomic mass is 16.5. The lowest BCUT2D eigenvalue weighted by molar-refractivity contribution is -0.128. The zero-order valence-electron chi connectivity index (χ0n) is 11.7. The quantitative estimate of drug-likeness (QED) is 0.812. The molecule has 1 amide bonds. The molecule has 2 N–H and O–H groups in total. The molecule has 0 aromatic heterocycles. The molecule has 1 spiro atoms. The second-order valence-corrected chi connectivity index (χ2v) is 6.45. The average Bonchev–Trinajstić information content (AvgIpc) is 2.40. The van der Waals surface area contributed by atoms with Gasteiger partial charge in [-0.15, -0.1) is 0 Å². The molecule has 108 valence electrons. The average molecular weight is 266 g/mol. The van der Waals surface area contributed by atoms with Gasteiger partial charge in [0.1, 0.15) is 0 Å². The predicted molar refractivity (Wildman–Crippen MR) is 73.9 cm³/mol. The third-order valence-electron chi connectivity index (χ3n) is 5.25. The van der Waals surface area contributed by atoms with E-state index in [1.165, 1.54) is 25.7 Å². The minimum absolute atomic E-state index is 0.102. The van der Waals surface area contributed by atoms with Crippen molar-refractivity contribution in [2.75, 3.05) is 19.8 Å². The van der Waals surface area contributed by atoms with Gasteiger partial charge in [-0.25, -0.2) is 0 Å². The fraction of sp³-hybridized carbons (Fsp3) is 0.933. The van der Waals surface area contributed by atoms with Crippen molar-refractivity contribution < 1.29 is 9.53 Å². The van der Waals surface area contributed by atoms with E-state index in [1.54, 1.807) is 0 Å². The molecule has 1 saturated carbocycles. The highest BCUT2D eigenvalue weighted by Gasteiger charge is 2.47.